The number of hydrogen-bond donors (Lipinski definition) is 2. The molecule has 0 fully saturated rings. The van der Waals surface area contributed by atoms with Crippen molar-refractivity contribution >= 4 is 0 Å². The quantitative estimate of drug-likeness (QED) is 0.703. The predicted octanol–water partition coefficient (Wildman–Crippen LogP) is 2.02. The van der Waals surface area contributed by atoms with Crippen LogP contribution in [0.3, 0.4) is 0 Å². The highest BCUT2D eigenvalue weighted by Gasteiger charge is 1.99. The van der Waals surface area contributed by atoms with E-state index < -0.39 is 0 Å². The van der Waals surface area contributed by atoms with Gasteiger partial charge in [-0.3, -0.25) is 0 Å². The van der Waals surface area contributed by atoms with Crippen LogP contribution in [-0.4, -0.2) is 11.7 Å². The average Bonchev–Trinajstić information content (AvgIpc) is 2.19. The van der Waals surface area contributed by atoms with Gasteiger partial charge in [-0.1, -0.05) is 24.3 Å². The Morgan fingerprint density at radius 2 is 1.86 bits per heavy atom. The van der Waals surface area contributed by atoms with Crippen LogP contribution in [0.2, 0.25) is 0 Å². The van der Waals surface area contributed by atoms with E-state index in [1.54, 1.807) is 6.92 Å². The SMILES string of the molecule is CC(O)c1ccc(CCCCN)cc1. The van der Waals surface area contributed by atoms with Gasteiger partial charge in [0, 0.05) is 0 Å². The molecule has 2 heteroatoms. The van der Waals surface area contributed by atoms with Crippen molar-refractivity contribution in [2.45, 2.75) is 32.3 Å². The van der Waals surface area contributed by atoms with E-state index in [-0.39, 0.29) is 6.10 Å². The second kappa shape index (κ2) is 5.78. The van der Waals surface area contributed by atoms with Crippen LogP contribution in [0.5, 0.6) is 0 Å². The van der Waals surface area contributed by atoms with Gasteiger partial charge in [-0.15, -0.1) is 0 Å². The van der Waals surface area contributed by atoms with Crippen LogP contribution in [0, 0.1) is 0 Å². The standard InChI is InChI=1S/C12H19NO/c1-10(14)12-7-5-11(6-8-12)4-2-3-9-13/h5-8,10,14H,2-4,9,13H2,1H3. The first-order chi connectivity index (χ1) is 6.74. The van der Waals surface area contributed by atoms with Crippen molar-refractivity contribution in [3.63, 3.8) is 0 Å². The van der Waals surface area contributed by atoms with Crippen LogP contribution in [-0.2, 0) is 6.42 Å². The summed E-state index contributed by atoms with van der Waals surface area (Å²) in [6, 6.07) is 8.14. The number of aliphatic hydroxyl groups excluding tert-OH is 1. The van der Waals surface area contributed by atoms with E-state index in [1.807, 2.05) is 12.1 Å². The zero-order valence-corrected chi connectivity index (χ0v) is 8.74. The summed E-state index contributed by atoms with van der Waals surface area (Å²) in [6.07, 6.45) is 2.94. The number of hydrogen-bond acceptors (Lipinski definition) is 2. The van der Waals surface area contributed by atoms with E-state index in [0.717, 1.165) is 31.4 Å². The summed E-state index contributed by atoms with van der Waals surface area (Å²) in [5, 5.41) is 9.31. The second-order valence-corrected chi connectivity index (χ2v) is 3.66. The van der Waals surface area contributed by atoms with Crippen LogP contribution >= 0.6 is 0 Å². The minimum atomic E-state index is -0.368. The maximum absolute atomic E-state index is 9.31. The average molecular weight is 193 g/mol. The lowest BCUT2D eigenvalue weighted by Gasteiger charge is -2.05. The molecule has 3 N–H and O–H groups in total. The van der Waals surface area contributed by atoms with Gasteiger partial charge < -0.3 is 10.8 Å². The molecule has 0 bridgehead atoms. The van der Waals surface area contributed by atoms with Gasteiger partial charge in [0.05, 0.1) is 6.10 Å². The zero-order chi connectivity index (χ0) is 10.4. The fourth-order valence-electron chi connectivity index (χ4n) is 1.44. The van der Waals surface area contributed by atoms with Crippen LogP contribution in [0.4, 0.5) is 0 Å². The molecule has 1 unspecified atom stereocenters. The third-order valence-electron chi connectivity index (χ3n) is 2.38. The molecule has 0 saturated heterocycles. The van der Waals surface area contributed by atoms with Gasteiger partial charge >= 0.3 is 0 Å². The third kappa shape index (κ3) is 3.48. The first-order valence-corrected chi connectivity index (χ1v) is 5.21. The molecule has 0 radical (unpaired) electrons. The van der Waals surface area contributed by atoms with Gasteiger partial charge in [0.15, 0.2) is 0 Å². The molecule has 1 rings (SSSR count). The van der Waals surface area contributed by atoms with Gasteiger partial charge in [-0.05, 0) is 43.9 Å². The number of aliphatic hydroxyl groups is 1. The molecule has 0 aliphatic carbocycles. The fraction of sp³-hybridized carbons (Fsp3) is 0.500. The number of rotatable bonds is 5. The fourth-order valence-corrected chi connectivity index (χ4v) is 1.44. The summed E-state index contributed by atoms with van der Waals surface area (Å²) < 4.78 is 0. The normalized spacial score (nSPS) is 12.8. The Morgan fingerprint density at radius 3 is 2.36 bits per heavy atom. The molecule has 1 atom stereocenters. The summed E-state index contributed by atoms with van der Waals surface area (Å²) in [5.41, 5.74) is 7.72. The molecule has 0 aliphatic rings. The van der Waals surface area contributed by atoms with Crippen LogP contribution < -0.4 is 5.73 Å². The first kappa shape index (κ1) is 11.2. The van der Waals surface area contributed by atoms with E-state index >= 15 is 0 Å². The van der Waals surface area contributed by atoms with E-state index in [4.69, 9.17) is 5.73 Å². The number of unbranched alkanes of at least 4 members (excludes halogenated alkanes) is 1. The van der Waals surface area contributed by atoms with Crippen molar-refractivity contribution in [2.75, 3.05) is 6.54 Å². The Hall–Kier alpha value is -0.860. The van der Waals surface area contributed by atoms with Crippen molar-refractivity contribution < 1.29 is 5.11 Å². The largest absolute Gasteiger partial charge is 0.389 e. The molecular weight excluding hydrogens is 174 g/mol. The molecule has 0 saturated carbocycles. The van der Waals surface area contributed by atoms with Gasteiger partial charge in [-0.25, -0.2) is 0 Å². The summed E-state index contributed by atoms with van der Waals surface area (Å²) in [5.74, 6) is 0. The maximum Gasteiger partial charge on any atom is 0.0761 e. The Labute approximate surface area is 85.8 Å². The molecule has 78 valence electrons. The third-order valence-corrected chi connectivity index (χ3v) is 2.38. The smallest absolute Gasteiger partial charge is 0.0761 e. The summed E-state index contributed by atoms with van der Waals surface area (Å²) in [7, 11) is 0. The molecular formula is C12H19NO. The molecule has 0 aliphatic heterocycles. The first-order valence-electron chi connectivity index (χ1n) is 5.21. The van der Waals surface area contributed by atoms with Crippen molar-refractivity contribution in [3.05, 3.63) is 35.4 Å². The minimum absolute atomic E-state index is 0.368. The molecule has 1 aromatic carbocycles. The predicted molar refractivity (Wildman–Crippen MR) is 59.1 cm³/mol. The highest BCUT2D eigenvalue weighted by molar-refractivity contribution is 5.23. The minimum Gasteiger partial charge on any atom is -0.389 e. The zero-order valence-electron chi connectivity index (χ0n) is 8.74. The second-order valence-electron chi connectivity index (χ2n) is 3.66. The van der Waals surface area contributed by atoms with Gasteiger partial charge in [0.25, 0.3) is 0 Å². The molecule has 0 heterocycles. The highest BCUT2D eigenvalue weighted by Crippen LogP contribution is 2.13. The number of benzene rings is 1. The van der Waals surface area contributed by atoms with Gasteiger partial charge in [0.2, 0.25) is 0 Å². The lowest BCUT2D eigenvalue weighted by Crippen LogP contribution is -1.99. The monoisotopic (exact) mass is 193 g/mol. The Kier molecular flexibility index (Phi) is 4.63. The Bertz CT molecular complexity index is 254. The van der Waals surface area contributed by atoms with E-state index in [9.17, 15) is 5.11 Å². The summed E-state index contributed by atoms with van der Waals surface area (Å²) in [6.45, 7) is 2.55. The van der Waals surface area contributed by atoms with Crippen LogP contribution in [0.1, 0.15) is 37.0 Å². The van der Waals surface area contributed by atoms with Crippen molar-refractivity contribution in [3.8, 4) is 0 Å². The molecule has 1 aromatic rings. The Balaban J connectivity index is 2.47. The van der Waals surface area contributed by atoms with Crippen molar-refractivity contribution in [1.82, 2.24) is 0 Å². The van der Waals surface area contributed by atoms with Crippen molar-refractivity contribution in [2.24, 2.45) is 5.73 Å². The van der Waals surface area contributed by atoms with Crippen molar-refractivity contribution in [1.29, 1.82) is 0 Å². The van der Waals surface area contributed by atoms with Crippen LogP contribution in [0.25, 0.3) is 0 Å². The van der Waals surface area contributed by atoms with E-state index in [1.165, 1.54) is 5.56 Å². The topological polar surface area (TPSA) is 46.2 Å². The number of nitrogens with two attached hydrogens (primary N) is 1. The molecule has 0 aromatic heterocycles. The molecule has 2 nitrogen and oxygen atoms in total. The van der Waals surface area contributed by atoms with Crippen LogP contribution in [0.15, 0.2) is 24.3 Å². The molecule has 14 heavy (non-hydrogen) atoms. The van der Waals surface area contributed by atoms with E-state index in [2.05, 4.69) is 12.1 Å². The van der Waals surface area contributed by atoms with Gasteiger partial charge in [0.1, 0.15) is 0 Å². The molecule has 0 spiro atoms. The summed E-state index contributed by atoms with van der Waals surface area (Å²) >= 11 is 0. The number of aryl methyl sites for hydroxylation is 1. The Morgan fingerprint density at radius 1 is 1.21 bits per heavy atom. The highest BCUT2D eigenvalue weighted by atomic mass is 16.3. The summed E-state index contributed by atoms with van der Waals surface area (Å²) in [4.78, 5) is 0. The lowest BCUT2D eigenvalue weighted by atomic mass is 10.0. The van der Waals surface area contributed by atoms with E-state index in [0.29, 0.717) is 0 Å². The lowest BCUT2D eigenvalue weighted by molar-refractivity contribution is 0.199. The maximum atomic E-state index is 9.31. The molecule has 0 amide bonds. The van der Waals surface area contributed by atoms with Gasteiger partial charge in [-0.2, -0.15) is 0 Å².